The molecule has 166 valence electrons. The molecule has 0 saturated carbocycles. The number of carbonyl (C=O) groups excluding carboxylic acids is 3. The number of piperidine rings is 1. The number of ether oxygens (including phenoxy) is 1. The van der Waals surface area contributed by atoms with Gasteiger partial charge < -0.3 is 19.9 Å². The molecule has 8 nitrogen and oxygen atoms in total. The highest BCUT2D eigenvalue weighted by Gasteiger charge is 2.24. The Balaban J connectivity index is 1.66. The molecular formula is C22H34N4O4. The Kier molecular flexibility index (Phi) is 10.1. The normalized spacial score (nSPS) is 16.1. The van der Waals surface area contributed by atoms with Crippen LogP contribution in [0.15, 0.2) is 24.4 Å². The Morgan fingerprint density at radius 1 is 1.30 bits per heavy atom. The van der Waals surface area contributed by atoms with Crippen molar-refractivity contribution in [2.75, 3.05) is 39.8 Å². The molecule has 2 heterocycles. The molecule has 1 fully saturated rings. The van der Waals surface area contributed by atoms with E-state index in [0.717, 1.165) is 31.4 Å². The third-order valence-corrected chi connectivity index (χ3v) is 5.34. The number of esters is 1. The lowest BCUT2D eigenvalue weighted by atomic mass is 9.93. The van der Waals surface area contributed by atoms with Crippen LogP contribution in [-0.4, -0.2) is 72.5 Å². The van der Waals surface area contributed by atoms with Crippen LogP contribution >= 0.6 is 0 Å². The van der Waals surface area contributed by atoms with Crippen LogP contribution in [0.1, 0.15) is 44.7 Å². The van der Waals surface area contributed by atoms with Gasteiger partial charge in [-0.2, -0.15) is 0 Å². The van der Waals surface area contributed by atoms with Gasteiger partial charge in [0, 0.05) is 58.0 Å². The van der Waals surface area contributed by atoms with Crippen molar-refractivity contribution in [1.29, 1.82) is 0 Å². The second kappa shape index (κ2) is 12.8. The van der Waals surface area contributed by atoms with E-state index < -0.39 is 0 Å². The predicted molar refractivity (Wildman–Crippen MR) is 114 cm³/mol. The van der Waals surface area contributed by atoms with E-state index in [4.69, 9.17) is 4.74 Å². The average molecular weight is 419 g/mol. The maximum absolute atomic E-state index is 12.4. The van der Waals surface area contributed by atoms with Crippen LogP contribution in [0.5, 0.6) is 0 Å². The molecule has 8 heteroatoms. The molecule has 2 rings (SSSR count). The molecule has 1 N–H and O–H groups in total. The molecule has 0 bridgehead atoms. The van der Waals surface area contributed by atoms with Gasteiger partial charge >= 0.3 is 12.0 Å². The van der Waals surface area contributed by atoms with Gasteiger partial charge in [0.05, 0.1) is 13.0 Å². The lowest BCUT2D eigenvalue weighted by molar-refractivity contribution is -0.142. The van der Waals surface area contributed by atoms with Crippen molar-refractivity contribution in [3.63, 3.8) is 0 Å². The first kappa shape index (κ1) is 23.6. The van der Waals surface area contributed by atoms with E-state index in [-0.39, 0.29) is 30.9 Å². The number of hydrogen-bond donors (Lipinski definition) is 1. The van der Waals surface area contributed by atoms with Gasteiger partial charge in [-0.3, -0.25) is 14.6 Å². The highest BCUT2D eigenvalue weighted by Crippen LogP contribution is 2.21. The number of rotatable bonds is 10. The third-order valence-electron chi connectivity index (χ3n) is 5.34. The quantitative estimate of drug-likeness (QED) is 0.589. The molecule has 1 aromatic rings. The van der Waals surface area contributed by atoms with E-state index in [9.17, 15) is 14.4 Å². The number of nitrogens with zero attached hydrogens (tertiary/aromatic N) is 3. The maximum Gasteiger partial charge on any atom is 0.317 e. The molecule has 0 aromatic carbocycles. The van der Waals surface area contributed by atoms with Gasteiger partial charge in [-0.05, 0) is 44.2 Å². The van der Waals surface area contributed by atoms with Crippen molar-refractivity contribution < 1.29 is 19.1 Å². The third kappa shape index (κ3) is 8.39. The lowest BCUT2D eigenvalue weighted by Crippen LogP contribution is -2.46. The molecule has 1 atom stereocenters. The largest absolute Gasteiger partial charge is 0.466 e. The standard InChI is InChI=1S/C22H34N4O4/c1-3-30-21(28)11-14-24-22(29)26-15-6-7-18(17-26)9-10-20(27)25(2)16-12-19-8-4-5-13-23-19/h4-5,8,13,18H,3,6-7,9-12,14-17H2,1-2H3,(H,24,29)/t18-/m1/s1. The van der Waals surface area contributed by atoms with E-state index in [1.54, 1.807) is 22.9 Å². The van der Waals surface area contributed by atoms with Crippen LogP contribution < -0.4 is 5.32 Å². The van der Waals surface area contributed by atoms with Crippen molar-refractivity contribution >= 4 is 17.9 Å². The van der Waals surface area contributed by atoms with Gasteiger partial charge in [0.25, 0.3) is 0 Å². The molecule has 3 amide bonds. The van der Waals surface area contributed by atoms with Gasteiger partial charge in [0.1, 0.15) is 0 Å². The summed E-state index contributed by atoms with van der Waals surface area (Å²) in [5.74, 6) is 0.143. The smallest absolute Gasteiger partial charge is 0.317 e. The Bertz CT molecular complexity index is 683. The SMILES string of the molecule is CCOC(=O)CCNC(=O)N1CCC[C@H](CCC(=O)N(C)CCc2ccccn2)C1. The molecule has 1 saturated heterocycles. The lowest BCUT2D eigenvalue weighted by Gasteiger charge is -2.33. The van der Waals surface area contributed by atoms with E-state index in [0.29, 0.717) is 38.6 Å². The second-order valence-corrected chi connectivity index (χ2v) is 7.67. The Morgan fingerprint density at radius 2 is 2.13 bits per heavy atom. The van der Waals surface area contributed by atoms with Crippen LogP contribution in [0.25, 0.3) is 0 Å². The fourth-order valence-electron chi connectivity index (χ4n) is 3.57. The number of pyridine rings is 1. The predicted octanol–water partition coefficient (Wildman–Crippen LogP) is 2.24. The number of carbonyl (C=O) groups is 3. The zero-order valence-corrected chi connectivity index (χ0v) is 18.1. The van der Waals surface area contributed by atoms with Crippen LogP contribution in [0, 0.1) is 5.92 Å². The topological polar surface area (TPSA) is 91.8 Å². The Labute approximate surface area is 179 Å². The van der Waals surface area contributed by atoms with Crippen molar-refractivity contribution in [1.82, 2.24) is 20.1 Å². The molecule has 30 heavy (non-hydrogen) atoms. The van der Waals surface area contributed by atoms with Crippen LogP contribution in [0.2, 0.25) is 0 Å². The minimum absolute atomic E-state index is 0.127. The zero-order valence-electron chi connectivity index (χ0n) is 18.1. The summed E-state index contributed by atoms with van der Waals surface area (Å²) < 4.78 is 4.86. The summed E-state index contributed by atoms with van der Waals surface area (Å²) in [6.45, 7) is 4.38. The minimum Gasteiger partial charge on any atom is -0.466 e. The number of nitrogens with one attached hydrogen (secondary N) is 1. The molecule has 1 aliphatic rings. The molecule has 1 aliphatic heterocycles. The molecular weight excluding hydrogens is 384 g/mol. The summed E-state index contributed by atoms with van der Waals surface area (Å²) in [7, 11) is 1.83. The molecule has 0 aliphatic carbocycles. The summed E-state index contributed by atoms with van der Waals surface area (Å²) in [5, 5.41) is 2.78. The highest BCUT2D eigenvalue weighted by atomic mass is 16.5. The van der Waals surface area contributed by atoms with E-state index in [1.165, 1.54) is 0 Å². The van der Waals surface area contributed by atoms with Crippen LogP contribution in [0.4, 0.5) is 4.79 Å². The summed E-state index contributed by atoms with van der Waals surface area (Å²) in [5.41, 5.74) is 0.981. The number of aromatic nitrogens is 1. The number of hydrogen-bond acceptors (Lipinski definition) is 5. The van der Waals surface area contributed by atoms with E-state index in [2.05, 4.69) is 10.3 Å². The summed E-state index contributed by atoms with van der Waals surface area (Å²) in [4.78, 5) is 44.0. The Hall–Kier alpha value is -2.64. The number of urea groups is 1. The van der Waals surface area contributed by atoms with E-state index in [1.807, 2.05) is 25.2 Å². The van der Waals surface area contributed by atoms with Gasteiger partial charge in [-0.15, -0.1) is 0 Å². The van der Waals surface area contributed by atoms with E-state index >= 15 is 0 Å². The van der Waals surface area contributed by atoms with Crippen molar-refractivity contribution in [2.24, 2.45) is 5.92 Å². The van der Waals surface area contributed by atoms with Crippen LogP contribution in [-0.2, 0) is 20.7 Å². The summed E-state index contributed by atoms with van der Waals surface area (Å²) in [6, 6.07) is 5.65. The van der Waals surface area contributed by atoms with Gasteiger partial charge in [-0.1, -0.05) is 6.07 Å². The molecule has 1 aromatic heterocycles. The van der Waals surface area contributed by atoms with Crippen LogP contribution in [0.3, 0.4) is 0 Å². The fourth-order valence-corrected chi connectivity index (χ4v) is 3.57. The first-order valence-electron chi connectivity index (χ1n) is 10.8. The second-order valence-electron chi connectivity index (χ2n) is 7.67. The summed E-state index contributed by atoms with van der Waals surface area (Å²) in [6.07, 6.45) is 5.90. The number of likely N-dealkylation sites (tertiary alicyclic amines) is 1. The molecule has 0 unspecified atom stereocenters. The van der Waals surface area contributed by atoms with Crippen molar-refractivity contribution in [3.05, 3.63) is 30.1 Å². The van der Waals surface area contributed by atoms with Crippen molar-refractivity contribution in [2.45, 2.75) is 45.4 Å². The molecule has 0 radical (unpaired) electrons. The summed E-state index contributed by atoms with van der Waals surface area (Å²) >= 11 is 0. The Morgan fingerprint density at radius 3 is 2.87 bits per heavy atom. The monoisotopic (exact) mass is 418 g/mol. The number of amides is 3. The zero-order chi connectivity index (χ0) is 21.8. The average Bonchev–Trinajstić information content (AvgIpc) is 2.76. The van der Waals surface area contributed by atoms with Gasteiger partial charge in [-0.25, -0.2) is 4.79 Å². The van der Waals surface area contributed by atoms with Crippen molar-refractivity contribution in [3.8, 4) is 0 Å². The maximum atomic E-state index is 12.4. The minimum atomic E-state index is -0.306. The van der Waals surface area contributed by atoms with Gasteiger partial charge in [0.15, 0.2) is 0 Å². The number of likely N-dealkylation sites (N-methyl/N-ethyl adjacent to an activating group) is 1. The molecule has 0 spiro atoms. The van der Waals surface area contributed by atoms with Gasteiger partial charge in [0.2, 0.25) is 5.91 Å². The highest BCUT2D eigenvalue weighted by molar-refractivity contribution is 5.76. The first-order valence-corrected chi connectivity index (χ1v) is 10.8. The fraction of sp³-hybridized carbons (Fsp3) is 0.636. The first-order chi connectivity index (χ1) is 14.5.